The van der Waals surface area contributed by atoms with E-state index >= 15 is 0 Å². The smallest absolute Gasteiger partial charge is 0.252 e. The standard InChI is InChI=1S/C106H128BN5/c1-97(2,3)69-31-43-79(44-32-69)108(80-45-33-70(34-46-80)98(4,5)6)85-55-57-90-92(65-85)111(87-61-75(103(19,20)21)59-76(62-87)104(22,23)24)94-67-89(110(83-51-39-73(40-52-83)101(13,14)15)84-53-41-74(42-54-84)102(16,17)18)68-95-96(94)107(90)91-58-56-86(66-93(91)112(95)88-63-77(105(25,26)27)60-78(64-88)106(28,29)30)109(81-47-35-71(36-48-81)99(7,8)9)82-49-37-72(38-50-82)100(10,11)12/h31-68H,1-30H3. The molecule has 0 saturated heterocycles. The highest BCUT2D eigenvalue weighted by Crippen LogP contribution is 2.53. The third kappa shape index (κ3) is 16.1. The largest absolute Gasteiger partial charge is 0.311 e. The van der Waals surface area contributed by atoms with Crippen LogP contribution in [0, 0.1) is 0 Å². The number of rotatable bonds is 11. The van der Waals surface area contributed by atoms with Crippen LogP contribution in [0.15, 0.2) is 231 Å². The van der Waals surface area contributed by atoms with Crippen LogP contribution in [-0.2, 0) is 54.1 Å². The SMILES string of the molecule is CC(C)(C)c1ccc(N(c2ccc(C(C)(C)C)cc2)c2ccc3c(c2)N(c2cc(C(C)(C)C)cc(C(C)(C)C)c2)c2cc(N(c4ccc(C(C)(C)C)cc4)c4ccc(C(C)(C)C)cc4)cc4c2B3c2ccc(N(c3ccc(C(C)(C)C)cc3)c3ccc(C(C)(C)C)cc3)cc2N4c2cc(C(C)(C)C)cc(C(C)(C)C)c2)cc1. The Morgan fingerprint density at radius 1 is 0.179 bits per heavy atom. The molecule has 0 bridgehead atoms. The minimum absolute atomic E-state index is 0.0332. The molecule has 112 heavy (non-hydrogen) atoms. The first-order chi connectivity index (χ1) is 51.8. The highest BCUT2D eigenvalue weighted by atomic mass is 15.2. The van der Waals surface area contributed by atoms with Crippen molar-refractivity contribution in [2.24, 2.45) is 0 Å². The quantitative estimate of drug-likeness (QED) is 0.120. The lowest BCUT2D eigenvalue weighted by atomic mass is 9.33. The molecule has 0 radical (unpaired) electrons. The van der Waals surface area contributed by atoms with E-state index < -0.39 is 0 Å². The molecule has 2 heterocycles. The Morgan fingerprint density at radius 3 is 0.554 bits per heavy atom. The van der Waals surface area contributed by atoms with Gasteiger partial charge in [-0.2, -0.15) is 0 Å². The van der Waals surface area contributed by atoms with Gasteiger partial charge in [-0.25, -0.2) is 0 Å². The topological polar surface area (TPSA) is 16.2 Å². The number of nitrogens with zero attached hydrogens (tertiary/aromatic N) is 5. The summed E-state index contributed by atoms with van der Waals surface area (Å²) in [6, 6.07) is 91.4. The van der Waals surface area contributed by atoms with Crippen molar-refractivity contribution in [3.05, 3.63) is 286 Å². The summed E-state index contributed by atoms with van der Waals surface area (Å²) in [5.74, 6) is 0. The lowest BCUT2D eigenvalue weighted by Gasteiger charge is -2.46. The van der Waals surface area contributed by atoms with Crippen molar-refractivity contribution in [1.82, 2.24) is 0 Å². The molecule has 0 fully saturated rings. The van der Waals surface area contributed by atoms with Crippen molar-refractivity contribution in [3.63, 3.8) is 0 Å². The van der Waals surface area contributed by atoms with Gasteiger partial charge in [0, 0.05) is 79.6 Å². The number of hydrogen-bond donors (Lipinski definition) is 0. The van der Waals surface area contributed by atoms with Crippen LogP contribution in [0.25, 0.3) is 0 Å². The van der Waals surface area contributed by atoms with E-state index in [0.29, 0.717) is 0 Å². The highest BCUT2D eigenvalue weighted by molar-refractivity contribution is 7.00. The van der Waals surface area contributed by atoms with Crippen molar-refractivity contribution in [1.29, 1.82) is 0 Å². The van der Waals surface area contributed by atoms with Gasteiger partial charge in [0.1, 0.15) is 0 Å². The normalized spacial score (nSPS) is 13.8. The molecular weight excluding hydrogens is 1350 g/mol. The zero-order chi connectivity index (χ0) is 81.5. The molecule has 2 aliphatic rings. The summed E-state index contributed by atoms with van der Waals surface area (Å²) >= 11 is 0. The average Bonchev–Trinajstić information content (AvgIpc) is 0.690. The fourth-order valence-electron chi connectivity index (χ4n) is 16.1. The van der Waals surface area contributed by atoms with Crippen LogP contribution in [0.5, 0.6) is 0 Å². The molecule has 0 unspecified atom stereocenters. The monoisotopic (exact) mass is 1480 g/mol. The van der Waals surface area contributed by atoms with Gasteiger partial charge in [0.05, 0.1) is 5.69 Å². The van der Waals surface area contributed by atoms with E-state index in [4.69, 9.17) is 0 Å². The van der Waals surface area contributed by atoms with Crippen molar-refractivity contribution in [2.75, 3.05) is 24.5 Å². The molecule has 0 spiro atoms. The fourth-order valence-corrected chi connectivity index (χ4v) is 16.1. The Morgan fingerprint density at radius 2 is 0.357 bits per heavy atom. The van der Waals surface area contributed by atoms with Crippen LogP contribution < -0.4 is 40.9 Å². The minimum Gasteiger partial charge on any atom is -0.311 e. The van der Waals surface area contributed by atoms with E-state index in [1.54, 1.807) is 0 Å². The van der Waals surface area contributed by atoms with E-state index in [2.05, 4.69) is 463 Å². The Labute approximate surface area is 676 Å². The van der Waals surface area contributed by atoms with Crippen LogP contribution in [0.2, 0.25) is 0 Å². The zero-order valence-electron chi connectivity index (χ0n) is 73.8. The van der Waals surface area contributed by atoms with Crippen LogP contribution in [0.1, 0.15) is 263 Å². The minimum atomic E-state index is -0.248. The summed E-state index contributed by atoms with van der Waals surface area (Å²) in [6.45, 7) is 69.9. The van der Waals surface area contributed by atoms with E-state index in [-0.39, 0.29) is 60.9 Å². The molecule has 580 valence electrons. The van der Waals surface area contributed by atoms with Crippen molar-refractivity contribution < 1.29 is 0 Å². The number of anilines is 15. The highest BCUT2D eigenvalue weighted by Gasteiger charge is 2.46. The molecule has 11 aromatic carbocycles. The molecule has 0 aromatic heterocycles. The summed E-state index contributed by atoms with van der Waals surface area (Å²) in [5.41, 5.74) is 32.2. The Hall–Kier alpha value is -9.52. The Kier molecular flexibility index (Phi) is 20.3. The van der Waals surface area contributed by atoms with E-state index in [1.165, 1.54) is 72.0 Å². The summed E-state index contributed by atoms with van der Waals surface area (Å²) in [7, 11) is 0. The van der Waals surface area contributed by atoms with Gasteiger partial charge in [0.2, 0.25) is 0 Å². The predicted octanol–water partition coefficient (Wildman–Crippen LogP) is 29.2. The molecule has 0 saturated carbocycles. The van der Waals surface area contributed by atoms with Gasteiger partial charge in [-0.3, -0.25) is 0 Å². The third-order valence-electron chi connectivity index (χ3n) is 23.6. The second kappa shape index (κ2) is 28.2. The summed E-state index contributed by atoms with van der Waals surface area (Å²) < 4.78 is 0. The first-order valence-corrected chi connectivity index (χ1v) is 41.2. The molecule has 6 heteroatoms. The van der Waals surface area contributed by atoms with Crippen LogP contribution >= 0.6 is 0 Å². The molecular formula is C106H128BN5. The predicted molar refractivity (Wildman–Crippen MR) is 492 cm³/mol. The molecule has 0 aliphatic carbocycles. The first kappa shape index (κ1) is 80.5. The van der Waals surface area contributed by atoms with Crippen molar-refractivity contribution in [2.45, 2.75) is 262 Å². The Bertz CT molecular complexity index is 4770. The number of fused-ring (bicyclic) bond motifs is 4. The first-order valence-electron chi connectivity index (χ1n) is 41.2. The maximum absolute atomic E-state index is 2.70. The van der Waals surface area contributed by atoms with E-state index in [0.717, 1.165) is 85.3 Å². The molecule has 2 aliphatic heterocycles. The molecule has 11 aromatic rings. The summed E-state index contributed by atoms with van der Waals surface area (Å²) in [5, 5.41) is 0. The Balaban J connectivity index is 1.22. The van der Waals surface area contributed by atoms with Gasteiger partial charge < -0.3 is 24.5 Å². The van der Waals surface area contributed by atoms with Gasteiger partial charge in [0.15, 0.2) is 0 Å². The number of benzene rings is 11. The lowest BCUT2D eigenvalue weighted by Crippen LogP contribution is -2.61. The number of hydrogen-bond acceptors (Lipinski definition) is 5. The fraction of sp³-hybridized carbons (Fsp3) is 0.377. The van der Waals surface area contributed by atoms with Crippen molar-refractivity contribution >= 4 is 108 Å². The molecule has 5 nitrogen and oxygen atoms in total. The lowest BCUT2D eigenvalue weighted by molar-refractivity contribution is 0.568. The average molecular weight is 1480 g/mol. The van der Waals surface area contributed by atoms with Crippen molar-refractivity contribution in [3.8, 4) is 0 Å². The van der Waals surface area contributed by atoms with Gasteiger partial charge in [-0.1, -0.05) is 305 Å². The second-order valence-corrected chi connectivity index (χ2v) is 42.8. The zero-order valence-corrected chi connectivity index (χ0v) is 73.8. The maximum Gasteiger partial charge on any atom is 0.252 e. The molecule has 0 N–H and O–H groups in total. The molecule has 0 amide bonds. The van der Waals surface area contributed by atoms with Gasteiger partial charge in [-0.15, -0.1) is 0 Å². The van der Waals surface area contributed by atoms with Gasteiger partial charge in [-0.05, 0) is 260 Å². The van der Waals surface area contributed by atoms with E-state index in [1.807, 2.05) is 0 Å². The van der Waals surface area contributed by atoms with Crippen LogP contribution in [0.4, 0.5) is 85.3 Å². The van der Waals surface area contributed by atoms with E-state index in [9.17, 15) is 0 Å². The maximum atomic E-state index is 2.70. The summed E-state index contributed by atoms with van der Waals surface area (Å²) in [4.78, 5) is 12.9. The van der Waals surface area contributed by atoms with Gasteiger partial charge in [0.25, 0.3) is 6.71 Å². The van der Waals surface area contributed by atoms with Crippen LogP contribution in [0.3, 0.4) is 0 Å². The second-order valence-electron chi connectivity index (χ2n) is 42.8. The van der Waals surface area contributed by atoms with Gasteiger partial charge >= 0.3 is 0 Å². The molecule has 13 rings (SSSR count). The molecule has 0 atom stereocenters. The van der Waals surface area contributed by atoms with Crippen LogP contribution in [-0.4, -0.2) is 6.71 Å². The third-order valence-corrected chi connectivity index (χ3v) is 23.6. The summed E-state index contributed by atoms with van der Waals surface area (Å²) in [6.07, 6.45) is 0.